The quantitative estimate of drug-likeness (QED) is 0.774. The highest BCUT2D eigenvalue weighted by atomic mass is 32.2. The number of carbonyl (C=O) groups is 1. The van der Waals surface area contributed by atoms with Crippen LogP contribution in [0.15, 0.2) is 0 Å². The molecule has 1 N–H and O–H groups in total. The molecule has 1 rings (SSSR count). The third kappa shape index (κ3) is 3.81. The summed E-state index contributed by atoms with van der Waals surface area (Å²) in [5.74, 6) is 0.0503. The highest BCUT2D eigenvalue weighted by molar-refractivity contribution is 7.90. The highest BCUT2D eigenvalue weighted by Crippen LogP contribution is 2.37. The minimum Gasteiger partial charge on any atom is -0.274 e. The fraction of sp³-hybridized carbons (Fsp3) is 0.900. The second-order valence-corrected chi connectivity index (χ2v) is 6.35. The number of hydrogen-bond acceptors (Lipinski definition) is 3. The van der Waals surface area contributed by atoms with E-state index in [1.165, 1.54) is 0 Å². The summed E-state index contributed by atoms with van der Waals surface area (Å²) in [5.41, 5.74) is 0. The zero-order valence-corrected chi connectivity index (χ0v) is 10.3. The molecule has 1 fully saturated rings. The van der Waals surface area contributed by atoms with Crippen LogP contribution in [0.5, 0.6) is 0 Å². The predicted molar refractivity (Wildman–Crippen MR) is 58.7 cm³/mol. The van der Waals surface area contributed by atoms with E-state index in [1.54, 1.807) is 0 Å². The second kappa shape index (κ2) is 4.51. The van der Waals surface area contributed by atoms with E-state index in [2.05, 4.69) is 4.72 Å². The number of carbonyl (C=O) groups excluding carboxylic acids is 1. The fourth-order valence-electron chi connectivity index (χ4n) is 1.45. The molecule has 0 aliphatic heterocycles. The maximum absolute atomic E-state index is 11.5. The zero-order chi connectivity index (χ0) is 11.6. The Morgan fingerprint density at radius 1 is 1.53 bits per heavy atom. The van der Waals surface area contributed by atoms with E-state index in [4.69, 9.17) is 0 Å². The van der Waals surface area contributed by atoms with Crippen LogP contribution in [0, 0.1) is 17.8 Å². The maximum atomic E-state index is 11.5. The molecule has 1 aliphatic carbocycles. The van der Waals surface area contributed by atoms with Crippen LogP contribution in [0.2, 0.25) is 0 Å². The molecule has 0 spiro atoms. The Hall–Kier alpha value is -0.580. The molecule has 4 nitrogen and oxygen atoms in total. The first-order valence-corrected chi connectivity index (χ1v) is 7.05. The van der Waals surface area contributed by atoms with Crippen molar-refractivity contribution in [2.45, 2.75) is 33.6 Å². The number of sulfonamides is 1. The molecule has 0 aromatic carbocycles. The Labute approximate surface area is 91.5 Å². The van der Waals surface area contributed by atoms with Gasteiger partial charge in [-0.2, -0.15) is 0 Å². The van der Waals surface area contributed by atoms with Gasteiger partial charge in [0, 0.05) is 5.92 Å². The number of nitrogens with one attached hydrogen (secondary N) is 1. The summed E-state index contributed by atoms with van der Waals surface area (Å²) in [6, 6.07) is 0. The van der Waals surface area contributed by atoms with Gasteiger partial charge in [-0.05, 0) is 18.3 Å². The number of hydrogen-bond donors (Lipinski definition) is 1. The maximum Gasteiger partial charge on any atom is 0.236 e. The van der Waals surface area contributed by atoms with Crippen LogP contribution in [0.4, 0.5) is 0 Å². The van der Waals surface area contributed by atoms with Crippen LogP contribution < -0.4 is 4.72 Å². The minimum atomic E-state index is -3.42. The van der Waals surface area contributed by atoms with E-state index in [0.717, 1.165) is 12.8 Å². The summed E-state index contributed by atoms with van der Waals surface area (Å²) < 4.78 is 25.2. The smallest absolute Gasteiger partial charge is 0.236 e. The normalized spacial score (nSPS) is 27.1. The lowest BCUT2D eigenvalue weighted by Gasteiger charge is -2.10. The van der Waals surface area contributed by atoms with Gasteiger partial charge in [-0.1, -0.05) is 27.2 Å². The lowest BCUT2D eigenvalue weighted by atomic mass is 10.2. The molecule has 1 amide bonds. The van der Waals surface area contributed by atoms with Crippen LogP contribution >= 0.6 is 0 Å². The molecule has 0 aromatic rings. The van der Waals surface area contributed by atoms with Crippen molar-refractivity contribution in [1.82, 2.24) is 4.72 Å². The van der Waals surface area contributed by atoms with Crippen LogP contribution in [0.1, 0.15) is 33.6 Å². The van der Waals surface area contributed by atoms with E-state index in [1.807, 2.05) is 20.8 Å². The van der Waals surface area contributed by atoms with Gasteiger partial charge in [0.2, 0.25) is 15.9 Å². The lowest BCUT2D eigenvalue weighted by molar-refractivity contribution is -0.120. The van der Waals surface area contributed by atoms with Crippen molar-refractivity contribution in [3.8, 4) is 0 Å². The standard InChI is InChI=1S/C10H19NO3S/c1-4-7(2)6-15(13,14)11-10(12)9-5-8(9)3/h7-9H,4-6H2,1-3H3,(H,11,12)/t7-,8-,9-/m0/s1. The molecule has 3 atom stereocenters. The fourth-order valence-corrected chi connectivity index (χ4v) is 2.98. The third-order valence-electron chi connectivity index (χ3n) is 2.90. The molecular formula is C10H19NO3S. The van der Waals surface area contributed by atoms with Gasteiger partial charge in [-0.15, -0.1) is 0 Å². The SMILES string of the molecule is CC[C@H](C)CS(=O)(=O)NC(=O)[C@H]1C[C@@H]1C. The molecule has 5 heteroatoms. The van der Waals surface area contributed by atoms with Crippen LogP contribution in [-0.2, 0) is 14.8 Å². The van der Waals surface area contributed by atoms with E-state index in [0.29, 0.717) is 5.92 Å². The van der Waals surface area contributed by atoms with Crippen molar-refractivity contribution in [3.63, 3.8) is 0 Å². The van der Waals surface area contributed by atoms with E-state index in [-0.39, 0.29) is 23.5 Å². The van der Waals surface area contributed by atoms with Crippen LogP contribution in [0.25, 0.3) is 0 Å². The van der Waals surface area contributed by atoms with Gasteiger partial charge >= 0.3 is 0 Å². The van der Waals surface area contributed by atoms with E-state index < -0.39 is 10.0 Å². The van der Waals surface area contributed by atoms with Gasteiger partial charge in [0.25, 0.3) is 0 Å². The molecule has 1 saturated carbocycles. The average Bonchev–Trinajstić information content (AvgIpc) is 2.80. The van der Waals surface area contributed by atoms with Gasteiger partial charge in [0.05, 0.1) is 5.75 Å². The third-order valence-corrected chi connectivity index (χ3v) is 4.42. The van der Waals surface area contributed by atoms with E-state index in [9.17, 15) is 13.2 Å². The van der Waals surface area contributed by atoms with Crippen molar-refractivity contribution in [1.29, 1.82) is 0 Å². The largest absolute Gasteiger partial charge is 0.274 e. The van der Waals surface area contributed by atoms with Gasteiger partial charge < -0.3 is 0 Å². The first-order valence-electron chi connectivity index (χ1n) is 5.40. The number of amides is 1. The summed E-state index contributed by atoms with van der Waals surface area (Å²) >= 11 is 0. The molecule has 0 radical (unpaired) electrons. The van der Waals surface area contributed by atoms with Gasteiger partial charge in [0.1, 0.15) is 0 Å². The molecule has 1 aliphatic rings. The van der Waals surface area contributed by atoms with Gasteiger partial charge in [-0.3, -0.25) is 9.52 Å². The summed E-state index contributed by atoms with van der Waals surface area (Å²) in [4.78, 5) is 11.4. The minimum absolute atomic E-state index is 0.0380. The average molecular weight is 233 g/mol. The van der Waals surface area contributed by atoms with E-state index >= 15 is 0 Å². The summed E-state index contributed by atoms with van der Waals surface area (Å²) in [7, 11) is -3.42. The van der Waals surface area contributed by atoms with Crippen molar-refractivity contribution >= 4 is 15.9 Å². The number of rotatable bonds is 5. The first kappa shape index (κ1) is 12.5. The van der Waals surface area contributed by atoms with Gasteiger partial charge in [-0.25, -0.2) is 8.42 Å². The molecule has 88 valence electrons. The first-order chi connectivity index (χ1) is 6.85. The monoisotopic (exact) mass is 233 g/mol. The Morgan fingerprint density at radius 2 is 2.07 bits per heavy atom. The molecular weight excluding hydrogens is 214 g/mol. The summed E-state index contributed by atoms with van der Waals surface area (Å²) in [6.07, 6.45) is 1.61. The Morgan fingerprint density at radius 3 is 2.47 bits per heavy atom. The zero-order valence-electron chi connectivity index (χ0n) is 9.49. The lowest BCUT2D eigenvalue weighted by Crippen LogP contribution is -2.35. The van der Waals surface area contributed by atoms with Crippen LogP contribution in [0.3, 0.4) is 0 Å². The highest BCUT2D eigenvalue weighted by Gasteiger charge is 2.40. The Bertz CT molecular complexity index is 337. The van der Waals surface area contributed by atoms with Crippen molar-refractivity contribution in [2.75, 3.05) is 5.75 Å². The molecule has 0 bridgehead atoms. The van der Waals surface area contributed by atoms with Crippen molar-refractivity contribution < 1.29 is 13.2 Å². The van der Waals surface area contributed by atoms with Gasteiger partial charge in [0.15, 0.2) is 0 Å². The van der Waals surface area contributed by atoms with Crippen molar-refractivity contribution in [2.24, 2.45) is 17.8 Å². The molecule has 0 saturated heterocycles. The molecule has 15 heavy (non-hydrogen) atoms. The van der Waals surface area contributed by atoms with Crippen molar-refractivity contribution in [3.05, 3.63) is 0 Å². The molecule has 0 heterocycles. The molecule has 0 unspecified atom stereocenters. The Kier molecular flexibility index (Phi) is 3.76. The molecule has 0 aromatic heterocycles. The summed E-state index contributed by atoms with van der Waals surface area (Å²) in [6.45, 7) is 5.75. The second-order valence-electron chi connectivity index (χ2n) is 4.58. The topological polar surface area (TPSA) is 63.2 Å². The van der Waals surface area contributed by atoms with Crippen LogP contribution in [-0.4, -0.2) is 20.1 Å². The Balaban J connectivity index is 2.45. The summed E-state index contributed by atoms with van der Waals surface area (Å²) in [5, 5.41) is 0. The predicted octanol–water partition coefficient (Wildman–Crippen LogP) is 1.13.